The Morgan fingerprint density at radius 3 is 2.45 bits per heavy atom. The summed E-state index contributed by atoms with van der Waals surface area (Å²) >= 11 is 0. The lowest BCUT2D eigenvalue weighted by molar-refractivity contribution is -0.135. The van der Waals surface area contributed by atoms with E-state index in [1.807, 2.05) is 25.7 Å². The lowest BCUT2D eigenvalue weighted by Gasteiger charge is -2.22. The summed E-state index contributed by atoms with van der Waals surface area (Å²) in [6, 6.07) is -2.03. The van der Waals surface area contributed by atoms with Gasteiger partial charge in [0.15, 0.2) is 5.96 Å². The Morgan fingerprint density at radius 2 is 1.85 bits per heavy atom. The molecule has 9 N–H and O–H groups in total. The third-order valence-corrected chi connectivity index (χ3v) is 5.40. The third-order valence-electron chi connectivity index (χ3n) is 5.40. The van der Waals surface area contributed by atoms with E-state index < -0.39 is 29.8 Å². The number of amides is 4. The second-order valence-corrected chi connectivity index (χ2v) is 8.66. The molecule has 0 bridgehead atoms. The van der Waals surface area contributed by atoms with Crippen molar-refractivity contribution in [3.63, 3.8) is 0 Å². The van der Waals surface area contributed by atoms with Crippen LogP contribution in [0, 0.1) is 5.92 Å². The Kier molecular flexibility index (Phi) is 12.4. The topological polar surface area (TPSA) is 198 Å². The number of nitrogens with zero attached hydrogens (tertiary/aromatic N) is 2. The summed E-state index contributed by atoms with van der Waals surface area (Å²) in [6.07, 6.45) is 2.72. The average molecular weight is 469 g/mol. The van der Waals surface area contributed by atoms with E-state index in [1.165, 1.54) is 0 Å². The van der Waals surface area contributed by atoms with Crippen molar-refractivity contribution in [1.82, 2.24) is 20.9 Å². The van der Waals surface area contributed by atoms with Crippen LogP contribution in [0.1, 0.15) is 52.9 Å². The number of aliphatic imine (C=N–C) groups is 1. The van der Waals surface area contributed by atoms with Crippen molar-refractivity contribution in [1.29, 1.82) is 0 Å². The molecule has 0 aromatic rings. The summed E-state index contributed by atoms with van der Waals surface area (Å²) in [6.45, 7) is 7.38. The Hall–Kier alpha value is -2.73. The molecule has 12 nitrogen and oxygen atoms in total. The summed E-state index contributed by atoms with van der Waals surface area (Å²) in [7, 11) is 0. The van der Waals surface area contributed by atoms with Gasteiger partial charge in [0, 0.05) is 6.54 Å². The molecule has 0 unspecified atom stereocenters. The van der Waals surface area contributed by atoms with Crippen molar-refractivity contribution in [3.8, 4) is 0 Å². The van der Waals surface area contributed by atoms with Crippen molar-refractivity contribution in [3.05, 3.63) is 0 Å². The molecular weight excluding hydrogens is 428 g/mol. The van der Waals surface area contributed by atoms with Crippen molar-refractivity contribution in [2.45, 2.75) is 71.0 Å². The first-order valence-corrected chi connectivity index (χ1v) is 11.5. The van der Waals surface area contributed by atoms with Gasteiger partial charge in [0.05, 0.1) is 18.6 Å². The molecule has 0 aliphatic carbocycles. The monoisotopic (exact) mass is 468 g/mol. The highest BCUT2D eigenvalue weighted by Gasteiger charge is 2.30. The predicted octanol–water partition coefficient (Wildman–Crippen LogP) is -1.86. The van der Waals surface area contributed by atoms with Crippen LogP contribution in [0.15, 0.2) is 4.99 Å². The van der Waals surface area contributed by atoms with Crippen LogP contribution in [-0.2, 0) is 19.2 Å². The average Bonchev–Trinajstić information content (AvgIpc) is 3.22. The zero-order valence-corrected chi connectivity index (χ0v) is 19.9. The van der Waals surface area contributed by atoms with E-state index in [-0.39, 0.29) is 43.3 Å². The summed E-state index contributed by atoms with van der Waals surface area (Å²) < 4.78 is 0. The molecule has 3 atom stereocenters. The third kappa shape index (κ3) is 10.6. The van der Waals surface area contributed by atoms with Crippen LogP contribution >= 0.6 is 0 Å². The van der Waals surface area contributed by atoms with Crippen molar-refractivity contribution < 1.29 is 19.2 Å². The van der Waals surface area contributed by atoms with Crippen LogP contribution in [0.4, 0.5) is 0 Å². The van der Waals surface area contributed by atoms with Crippen LogP contribution in [0.5, 0.6) is 0 Å². The molecule has 33 heavy (non-hydrogen) atoms. The minimum absolute atomic E-state index is 0.0752. The van der Waals surface area contributed by atoms with Crippen LogP contribution in [0.25, 0.3) is 0 Å². The van der Waals surface area contributed by atoms with Gasteiger partial charge in [0.1, 0.15) is 6.04 Å². The highest BCUT2D eigenvalue weighted by atomic mass is 16.2. The molecule has 1 heterocycles. The minimum Gasteiger partial charge on any atom is -0.370 e. The molecule has 0 aromatic heterocycles. The summed E-state index contributed by atoms with van der Waals surface area (Å²) in [5.41, 5.74) is 16.5. The van der Waals surface area contributed by atoms with E-state index in [0.717, 1.165) is 25.9 Å². The first kappa shape index (κ1) is 28.3. The van der Waals surface area contributed by atoms with E-state index in [9.17, 15) is 19.2 Å². The zero-order valence-electron chi connectivity index (χ0n) is 19.9. The van der Waals surface area contributed by atoms with Gasteiger partial charge in [-0.05, 0) is 51.1 Å². The Morgan fingerprint density at radius 1 is 1.15 bits per heavy atom. The molecule has 188 valence electrons. The highest BCUT2D eigenvalue weighted by molar-refractivity contribution is 6.01. The number of hydrogen-bond donors (Lipinski definition) is 6. The standard InChI is InChI=1S/C21H40N8O4/c1-4-29-10-6-8-16(29)20(33)26-12-17(30)28-19(32)15(7-5-9-25-21(23)24)27-18(31)14(22)11-13(2)3/h13-16H,4-12,22H2,1-3H3,(H,26,33)(H,27,31)(H4,23,24,25)(H,28,30,32)/t14-,15-,16-/m0/s1. The number of nitrogens with two attached hydrogens (primary N) is 3. The number of carbonyl (C=O) groups excluding carboxylic acids is 4. The molecule has 1 aliphatic heterocycles. The molecular formula is C21H40N8O4. The molecule has 0 saturated carbocycles. The minimum atomic E-state index is -0.991. The SMILES string of the molecule is CCN1CCC[C@H]1C(=O)NCC(=O)NC(=O)[C@H](CCCN=C(N)N)NC(=O)[C@@H](N)CC(C)C. The lowest BCUT2D eigenvalue weighted by atomic mass is 10.0. The van der Waals surface area contributed by atoms with Crippen LogP contribution in [-0.4, -0.2) is 78.8 Å². The Balaban J connectivity index is 2.64. The van der Waals surface area contributed by atoms with Gasteiger partial charge in [-0.2, -0.15) is 0 Å². The normalized spacial score (nSPS) is 17.8. The van der Waals surface area contributed by atoms with Crippen LogP contribution in [0.3, 0.4) is 0 Å². The van der Waals surface area contributed by atoms with Crippen molar-refractivity contribution in [2.24, 2.45) is 28.1 Å². The first-order valence-electron chi connectivity index (χ1n) is 11.5. The van der Waals surface area contributed by atoms with Crippen molar-refractivity contribution >= 4 is 29.6 Å². The number of imide groups is 1. The molecule has 0 spiro atoms. The lowest BCUT2D eigenvalue weighted by Crippen LogP contribution is -2.54. The fraction of sp³-hybridized carbons (Fsp3) is 0.762. The maximum atomic E-state index is 12.7. The number of guanidine groups is 1. The number of nitrogens with one attached hydrogen (secondary N) is 3. The van der Waals surface area contributed by atoms with E-state index in [1.54, 1.807) is 0 Å². The molecule has 0 radical (unpaired) electrons. The Bertz CT molecular complexity index is 708. The van der Waals surface area contributed by atoms with Gasteiger partial charge >= 0.3 is 0 Å². The quantitative estimate of drug-likeness (QED) is 0.103. The molecule has 0 aromatic carbocycles. The smallest absolute Gasteiger partial charge is 0.249 e. The number of carbonyl (C=O) groups is 4. The van der Waals surface area contributed by atoms with Gasteiger partial charge in [0.2, 0.25) is 23.6 Å². The van der Waals surface area contributed by atoms with Gasteiger partial charge < -0.3 is 27.8 Å². The molecule has 4 amide bonds. The maximum absolute atomic E-state index is 12.7. The number of rotatable bonds is 13. The maximum Gasteiger partial charge on any atom is 0.249 e. The van der Waals surface area contributed by atoms with Crippen LogP contribution in [0.2, 0.25) is 0 Å². The fourth-order valence-corrected chi connectivity index (χ4v) is 3.72. The summed E-state index contributed by atoms with van der Waals surface area (Å²) in [4.78, 5) is 55.6. The Labute approximate surface area is 195 Å². The van der Waals surface area contributed by atoms with Gasteiger partial charge in [-0.25, -0.2) is 0 Å². The highest BCUT2D eigenvalue weighted by Crippen LogP contribution is 2.16. The first-order chi connectivity index (χ1) is 15.5. The molecule has 12 heteroatoms. The fourth-order valence-electron chi connectivity index (χ4n) is 3.72. The van der Waals surface area contributed by atoms with Gasteiger partial charge in [0.25, 0.3) is 0 Å². The van der Waals surface area contributed by atoms with E-state index in [2.05, 4.69) is 20.9 Å². The van der Waals surface area contributed by atoms with E-state index >= 15 is 0 Å². The number of likely N-dealkylation sites (N-methyl/N-ethyl adjacent to an activating group) is 1. The summed E-state index contributed by atoms with van der Waals surface area (Å²) in [5, 5.41) is 7.42. The molecule has 1 aliphatic rings. The second kappa shape index (κ2) is 14.4. The molecule has 1 fully saturated rings. The molecule has 1 rings (SSSR count). The van der Waals surface area contributed by atoms with Gasteiger partial charge in [-0.15, -0.1) is 0 Å². The van der Waals surface area contributed by atoms with Gasteiger partial charge in [-0.1, -0.05) is 20.8 Å². The largest absolute Gasteiger partial charge is 0.370 e. The predicted molar refractivity (Wildman–Crippen MR) is 126 cm³/mol. The van der Waals surface area contributed by atoms with Crippen molar-refractivity contribution in [2.75, 3.05) is 26.2 Å². The van der Waals surface area contributed by atoms with Crippen LogP contribution < -0.4 is 33.2 Å². The molecule has 1 saturated heterocycles. The van der Waals surface area contributed by atoms with E-state index in [0.29, 0.717) is 12.8 Å². The van der Waals surface area contributed by atoms with E-state index in [4.69, 9.17) is 17.2 Å². The zero-order chi connectivity index (χ0) is 25.0. The number of likely N-dealkylation sites (tertiary alicyclic amines) is 1. The summed E-state index contributed by atoms with van der Waals surface area (Å²) in [5.74, 6) is -1.93. The number of hydrogen-bond acceptors (Lipinski definition) is 7. The second-order valence-electron chi connectivity index (χ2n) is 8.66. The van der Waals surface area contributed by atoms with Gasteiger partial charge in [-0.3, -0.25) is 34.4 Å².